The van der Waals surface area contributed by atoms with E-state index in [1.807, 2.05) is 24.3 Å². The highest BCUT2D eigenvalue weighted by Gasteiger charge is 2.25. The lowest BCUT2D eigenvalue weighted by Gasteiger charge is -2.17. The summed E-state index contributed by atoms with van der Waals surface area (Å²) in [4.78, 5) is 1.62. The van der Waals surface area contributed by atoms with Gasteiger partial charge < -0.3 is 5.11 Å². The number of hydrogen-bond acceptors (Lipinski definition) is 4. The fourth-order valence-electron chi connectivity index (χ4n) is 2.00. The lowest BCUT2D eigenvalue weighted by molar-refractivity contribution is 0.285. The van der Waals surface area contributed by atoms with Gasteiger partial charge in [0.05, 0.1) is 11.5 Å². The molecule has 0 aliphatic heterocycles. The molecule has 1 aromatic carbocycles. The molecule has 0 spiro atoms. The molecule has 21 heavy (non-hydrogen) atoms. The molecule has 0 atom stereocenters. The smallest absolute Gasteiger partial charge is 0.244 e. The third-order valence-electron chi connectivity index (χ3n) is 3.06. The van der Waals surface area contributed by atoms with Crippen LogP contribution in [0.1, 0.15) is 15.3 Å². The molecule has 0 fully saturated rings. The zero-order valence-corrected chi connectivity index (χ0v) is 14.9. The Bertz CT molecular complexity index is 740. The molecule has 2 aromatic rings. The van der Waals surface area contributed by atoms with Crippen LogP contribution < -0.4 is 0 Å². The summed E-state index contributed by atoms with van der Waals surface area (Å²) >= 11 is 4.68. The van der Waals surface area contributed by atoms with Crippen LogP contribution in [-0.4, -0.2) is 24.9 Å². The topological polar surface area (TPSA) is 57.6 Å². The van der Waals surface area contributed by atoms with E-state index in [0.717, 1.165) is 10.0 Å². The Morgan fingerprint density at radius 1 is 1.33 bits per heavy atom. The number of aryl methyl sites for hydroxylation is 1. The number of halogens is 1. The normalized spacial score (nSPS) is 12.0. The van der Waals surface area contributed by atoms with Crippen molar-refractivity contribution in [1.82, 2.24) is 4.31 Å². The molecule has 0 unspecified atom stereocenters. The average molecular weight is 390 g/mol. The zero-order valence-electron chi connectivity index (χ0n) is 11.7. The van der Waals surface area contributed by atoms with Crippen LogP contribution in [0, 0.1) is 6.92 Å². The maximum atomic E-state index is 12.6. The summed E-state index contributed by atoms with van der Waals surface area (Å²) < 4.78 is 27.5. The summed E-state index contributed by atoms with van der Waals surface area (Å²) in [7, 11) is -1.99. The molecule has 114 valence electrons. The van der Waals surface area contributed by atoms with Gasteiger partial charge in [-0.1, -0.05) is 28.1 Å². The summed E-state index contributed by atoms with van der Waals surface area (Å²) in [5, 5.41) is 9.14. The van der Waals surface area contributed by atoms with E-state index in [9.17, 15) is 8.42 Å². The fourth-order valence-corrected chi connectivity index (χ4v) is 5.07. The predicted molar refractivity (Wildman–Crippen MR) is 87.8 cm³/mol. The summed E-state index contributed by atoms with van der Waals surface area (Å²) in [5.74, 6) is 0. The number of rotatable bonds is 5. The van der Waals surface area contributed by atoms with Gasteiger partial charge in [-0.15, -0.1) is 11.3 Å². The van der Waals surface area contributed by atoms with Crippen molar-refractivity contribution in [1.29, 1.82) is 0 Å². The van der Waals surface area contributed by atoms with E-state index in [4.69, 9.17) is 5.11 Å². The first-order valence-electron chi connectivity index (χ1n) is 6.25. The largest absolute Gasteiger partial charge is 0.391 e. The van der Waals surface area contributed by atoms with Crippen LogP contribution in [0.15, 0.2) is 39.7 Å². The minimum atomic E-state index is -3.55. The highest BCUT2D eigenvalue weighted by atomic mass is 79.9. The number of sulfonamides is 1. The number of aliphatic hydroxyl groups is 1. The minimum absolute atomic E-state index is 0.142. The van der Waals surface area contributed by atoms with Crippen molar-refractivity contribution < 1.29 is 13.5 Å². The van der Waals surface area contributed by atoms with Crippen LogP contribution in [0.3, 0.4) is 0 Å². The number of nitrogens with zero attached hydrogens (tertiary/aromatic N) is 1. The molecule has 0 bridgehead atoms. The standard InChI is InChI=1S/C14H16BrNO3S2/c1-10-14(7-13(9-17)20-10)21(18,19)16(2)8-11-4-3-5-12(15)6-11/h3-7,17H,8-9H2,1-2H3. The van der Waals surface area contributed by atoms with Crippen LogP contribution in [0.25, 0.3) is 0 Å². The van der Waals surface area contributed by atoms with Gasteiger partial charge >= 0.3 is 0 Å². The summed E-state index contributed by atoms with van der Waals surface area (Å²) in [6.07, 6.45) is 0. The van der Waals surface area contributed by atoms with E-state index in [0.29, 0.717) is 16.3 Å². The molecule has 1 aromatic heterocycles. The van der Waals surface area contributed by atoms with Gasteiger partial charge in [-0.25, -0.2) is 8.42 Å². The van der Waals surface area contributed by atoms with Crippen molar-refractivity contribution in [3.63, 3.8) is 0 Å². The second kappa shape index (κ2) is 6.58. The first-order chi connectivity index (χ1) is 9.84. The first kappa shape index (κ1) is 16.6. The van der Waals surface area contributed by atoms with Gasteiger partial charge in [-0.05, 0) is 30.7 Å². The van der Waals surface area contributed by atoms with Crippen molar-refractivity contribution in [2.45, 2.75) is 25.0 Å². The molecule has 2 rings (SSSR count). The molecular formula is C14H16BrNO3S2. The lowest BCUT2D eigenvalue weighted by Crippen LogP contribution is -2.26. The van der Waals surface area contributed by atoms with Crippen molar-refractivity contribution in [3.05, 3.63) is 50.1 Å². The third kappa shape index (κ3) is 3.73. The Morgan fingerprint density at radius 3 is 2.62 bits per heavy atom. The molecule has 0 saturated heterocycles. The van der Waals surface area contributed by atoms with E-state index < -0.39 is 10.0 Å². The Balaban J connectivity index is 2.28. The van der Waals surface area contributed by atoms with Crippen molar-refractivity contribution >= 4 is 37.3 Å². The Kier molecular flexibility index (Phi) is 5.21. The Labute approximate surface area is 137 Å². The van der Waals surface area contributed by atoms with Gasteiger partial charge in [0.15, 0.2) is 0 Å². The highest BCUT2D eigenvalue weighted by Crippen LogP contribution is 2.28. The second-order valence-electron chi connectivity index (χ2n) is 4.68. The Morgan fingerprint density at radius 2 is 2.05 bits per heavy atom. The van der Waals surface area contributed by atoms with Crippen molar-refractivity contribution in [2.75, 3.05) is 7.05 Å². The van der Waals surface area contributed by atoms with E-state index in [-0.39, 0.29) is 11.5 Å². The maximum Gasteiger partial charge on any atom is 0.244 e. The molecule has 1 heterocycles. The maximum absolute atomic E-state index is 12.6. The molecule has 7 heteroatoms. The minimum Gasteiger partial charge on any atom is -0.391 e. The average Bonchev–Trinajstić information content (AvgIpc) is 2.80. The van der Waals surface area contributed by atoms with Gasteiger partial charge in [-0.3, -0.25) is 0 Å². The number of benzene rings is 1. The number of hydrogen-bond donors (Lipinski definition) is 1. The third-order valence-corrected chi connectivity index (χ3v) is 6.65. The lowest BCUT2D eigenvalue weighted by atomic mass is 10.2. The highest BCUT2D eigenvalue weighted by molar-refractivity contribution is 9.10. The van der Waals surface area contributed by atoms with Gasteiger partial charge in [0, 0.05) is 27.8 Å². The number of thiophene rings is 1. The summed E-state index contributed by atoms with van der Waals surface area (Å²) in [6, 6.07) is 9.10. The van der Waals surface area contributed by atoms with E-state index in [1.165, 1.54) is 15.6 Å². The van der Waals surface area contributed by atoms with Gasteiger partial charge in [-0.2, -0.15) is 4.31 Å². The molecule has 0 saturated carbocycles. The molecule has 1 N–H and O–H groups in total. The Hall–Kier alpha value is -0.730. The van der Waals surface area contributed by atoms with E-state index in [1.54, 1.807) is 20.0 Å². The monoisotopic (exact) mass is 389 g/mol. The fraction of sp³-hybridized carbons (Fsp3) is 0.286. The number of aliphatic hydroxyl groups excluding tert-OH is 1. The van der Waals surface area contributed by atoms with Crippen LogP contribution in [0.4, 0.5) is 0 Å². The molecule has 0 aliphatic carbocycles. The van der Waals surface area contributed by atoms with Gasteiger partial charge in [0.2, 0.25) is 10.0 Å². The predicted octanol–water partition coefficient (Wildman–Crippen LogP) is 3.13. The molecule has 4 nitrogen and oxygen atoms in total. The van der Waals surface area contributed by atoms with Gasteiger partial charge in [0.1, 0.15) is 0 Å². The second-order valence-corrected chi connectivity index (χ2v) is 8.95. The van der Waals surface area contributed by atoms with Crippen LogP contribution in [0.2, 0.25) is 0 Å². The summed E-state index contributed by atoms with van der Waals surface area (Å²) in [6.45, 7) is 1.91. The summed E-state index contributed by atoms with van der Waals surface area (Å²) in [5.41, 5.74) is 0.908. The zero-order chi connectivity index (χ0) is 15.6. The first-order valence-corrected chi connectivity index (χ1v) is 9.30. The van der Waals surface area contributed by atoms with Gasteiger partial charge in [0.25, 0.3) is 0 Å². The van der Waals surface area contributed by atoms with Crippen LogP contribution >= 0.6 is 27.3 Å². The van der Waals surface area contributed by atoms with Crippen LogP contribution in [0.5, 0.6) is 0 Å². The molecule has 0 aliphatic rings. The van der Waals surface area contributed by atoms with E-state index >= 15 is 0 Å². The van der Waals surface area contributed by atoms with Crippen LogP contribution in [-0.2, 0) is 23.2 Å². The molecule has 0 radical (unpaired) electrons. The van der Waals surface area contributed by atoms with Crippen molar-refractivity contribution in [2.24, 2.45) is 0 Å². The van der Waals surface area contributed by atoms with Crippen molar-refractivity contribution in [3.8, 4) is 0 Å². The SMILES string of the molecule is Cc1sc(CO)cc1S(=O)(=O)N(C)Cc1cccc(Br)c1. The molecular weight excluding hydrogens is 374 g/mol. The quantitative estimate of drug-likeness (QED) is 0.854. The molecule has 0 amide bonds. The van der Waals surface area contributed by atoms with E-state index in [2.05, 4.69) is 15.9 Å².